The number of ether oxygens (including phenoxy) is 2. The molecule has 0 saturated carbocycles. The first-order chi connectivity index (χ1) is 13.6. The van der Waals surface area contributed by atoms with Crippen LogP contribution in [0.4, 0.5) is 4.39 Å². The number of benzene rings is 2. The molecule has 2 aliphatic heterocycles. The average Bonchev–Trinajstić information content (AvgIpc) is 2.72. The minimum Gasteiger partial charge on any atom is -0.487 e. The van der Waals surface area contributed by atoms with Crippen LogP contribution in [-0.4, -0.2) is 47.7 Å². The molecular weight excluding hydrogens is 361 g/mol. The molecule has 0 unspecified atom stereocenters. The molecule has 4 rings (SSSR count). The van der Waals surface area contributed by atoms with Gasteiger partial charge in [-0.25, -0.2) is 4.39 Å². The second-order valence-electron chi connectivity index (χ2n) is 7.54. The Bertz CT molecular complexity index is 815. The summed E-state index contributed by atoms with van der Waals surface area (Å²) in [7, 11) is 0. The molecular formula is C22H26FNO4. The first-order valence-electron chi connectivity index (χ1n) is 9.86. The SMILES string of the molecule is O[C@H](CNC[C@@H](O)[C@H]1CCc2cc(F)ccc2O1)[C@@H]1CCc2ccccc2O1. The van der Waals surface area contributed by atoms with Gasteiger partial charge in [-0.15, -0.1) is 0 Å². The van der Waals surface area contributed by atoms with Crippen molar-refractivity contribution in [2.45, 2.75) is 50.1 Å². The highest BCUT2D eigenvalue weighted by Gasteiger charge is 2.28. The zero-order chi connectivity index (χ0) is 19.5. The van der Waals surface area contributed by atoms with E-state index in [0.29, 0.717) is 31.7 Å². The van der Waals surface area contributed by atoms with Gasteiger partial charge in [0.15, 0.2) is 0 Å². The predicted molar refractivity (Wildman–Crippen MR) is 103 cm³/mol. The summed E-state index contributed by atoms with van der Waals surface area (Å²) < 4.78 is 25.0. The molecule has 3 N–H and O–H groups in total. The van der Waals surface area contributed by atoms with E-state index in [9.17, 15) is 14.6 Å². The van der Waals surface area contributed by atoms with E-state index in [0.717, 1.165) is 24.2 Å². The quantitative estimate of drug-likeness (QED) is 0.709. The van der Waals surface area contributed by atoms with Gasteiger partial charge in [-0.3, -0.25) is 0 Å². The lowest BCUT2D eigenvalue weighted by atomic mass is 9.98. The first kappa shape index (κ1) is 19.2. The Labute approximate surface area is 164 Å². The van der Waals surface area contributed by atoms with Gasteiger partial charge in [0.05, 0.1) is 0 Å². The van der Waals surface area contributed by atoms with Crippen LogP contribution in [0.5, 0.6) is 11.5 Å². The maximum absolute atomic E-state index is 13.3. The molecule has 150 valence electrons. The number of aliphatic hydroxyl groups is 2. The van der Waals surface area contributed by atoms with Crippen molar-refractivity contribution in [2.24, 2.45) is 0 Å². The summed E-state index contributed by atoms with van der Waals surface area (Å²) in [5, 5.41) is 24.0. The molecule has 2 heterocycles. The zero-order valence-corrected chi connectivity index (χ0v) is 15.7. The molecule has 0 saturated heterocycles. The Morgan fingerprint density at radius 1 is 0.893 bits per heavy atom. The Morgan fingerprint density at radius 3 is 2.21 bits per heavy atom. The Hall–Kier alpha value is -2.15. The molecule has 6 heteroatoms. The summed E-state index contributed by atoms with van der Waals surface area (Å²) in [4.78, 5) is 0. The van der Waals surface area contributed by atoms with E-state index >= 15 is 0 Å². The van der Waals surface area contributed by atoms with Crippen LogP contribution >= 0.6 is 0 Å². The van der Waals surface area contributed by atoms with Gasteiger partial charge in [-0.2, -0.15) is 0 Å². The largest absolute Gasteiger partial charge is 0.487 e. The normalized spacial score (nSPS) is 23.0. The average molecular weight is 387 g/mol. The third kappa shape index (κ3) is 4.29. The van der Waals surface area contributed by atoms with Gasteiger partial charge in [0.2, 0.25) is 0 Å². The molecule has 2 aliphatic rings. The molecule has 0 aliphatic carbocycles. The smallest absolute Gasteiger partial charge is 0.126 e. The van der Waals surface area contributed by atoms with Crippen molar-refractivity contribution in [1.29, 1.82) is 0 Å². The first-order valence-corrected chi connectivity index (χ1v) is 9.86. The minimum absolute atomic E-state index is 0.257. The van der Waals surface area contributed by atoms with Gasteiger partial charge >= 0.3 is 0 Å². The molecule has 0 amide bonds. The van der Waals surface area contributed by atoms with Crippen LogP contribution in [0.1, 0.15) is 24.0 Å². The fraction of sp³-hybridized carbons (Fsp3) is 0.455. The molecule has 0 aromatic heterocycles. The number of rotatable bonds is 6. The van der Waals surface area contributed by atoms with E-state index in [-0.39, 0.29) is 18.0 Å². The number of para-hydroxylation sites is 1. The van der Waals surface area contributed by atoms with Crippen molar-refractivity contribution < 1.29 is 24.1 Å². The van der Waals surface area contributed by atoms with Crippen LogP contribution in [0.25, 0.3) is 0 Å². The topological polar surface area (TPSA) is 71.0 Å². The molecule has 28 heavy (non-hydrogen) atoms. The van der Waals surface area contributed by atoms with Crippen molar-refractivity contribution in [3.63, 3.8) is 0 Å². The Kier molecular flexibility index (Phi) is 5.80. The lowest BCUT2D eigenvalue weighted by Gasteiger charge is -2.31. The minimum atomic E-state index is -0.710. The number of aliphatic hydroxyl groups excluding tert-OH is 2. The van der Waals surface area contributed by atoms with Gasteiger partial charge in [0.1, 0.15) is 41.7 Å². The molecule has 4 atom stereocenters. The van der Waals surface area contributed by atoms with E-state index in [1.54, 1.807) is 6.07 Å². The highest BCUT2D eigenvalue weighted by atomic mass is 19.1. The highest BCUT2D eigenvalue weighted by molar-refractivity contribution is 5.36. The summed E-state index contributed by atoms with van der Waals surface area (Å²) >= 11 is 0. The molecule has 5 nitrogen and oxygen atoms in total. The maximum atomic E-state index is 13.3. The third-order valence-electron chi connectivity index (χ3n) is 5.51. The van der Waals surface area contributed by atoms with Crippen LogP contribution in [0.15, 0.2) is 42.5 Å². The lowest BCUT2D eigenvalue weighted by molar-refractivity contribution is 0.00896. The molecule has 2 aromatic rings. The second kappa shape index (κ2) is 8.47. The van der Waals surface area contributed by atoms with Gasteiger partial charge in [0.25, 0.3) is 0 Å². The molecule has 0 bridgehead atoms. The van der Waals surface area contributed by atoms with E-state index in [1.165, 1.54) is 17.7 Å². The Balaban J connectivity index is 1.23. The third-order valence-corrected chi connectivity index (χ3v) is 5.51. The second-order valence-corrected chi connectivity index (χ2v) is 7.54. The summed E-state index contributed by atoms with van der Waals surface area (Å²) in [6.07, 6.45) is 0.984. The maximum Gasteiger partial charge on any atom is 0.126 e. The van der Waals surface area contributed by atoms with Gasteiger partial charge in [-0.1, -0.05) is 18.2 Å². The van der Waals surface area contributed by atoms with Gasteiger partial charge in [0, 0.05) is 13.1 Å². The summed E-state index contributed by atoms with van der Waals surface area (Å²) in [6.45, 7) is 0.639. The van der Waals surface area contributed by atoms with E-state index in [1.807, 2.05) is 24.3 Å². The van der Waals surface area contributed by atoms with Crippen molar-refractivity contribution in [3.8, 4) is 11.5 Å². The van der Waals surface area contributed by atoms with Gasteiger partial charge in [-0.05, 0) is 61.1 Å². The van der Waals surface area contributed by atoms with Crippen LogP contribution in [0.2, 0.25) is 0 Å². The standard InChI is InChI=1S/C22H26FNO4/c23-16-7-10-20-15(11-16)6-9-22(28-20)18(26)13-24-12-17(25)21-8-5-14-3-1-2-4-19(14)27-21/h1-4,7,10-11,17-18,21-22,24-26H,5-6,8-9,12-13H2/t17-,18-,21+,22-/m1/s1. The molecule has 2 aromatic carbocycles. The van der Waals surface area contributed by atoms with Crippen LogP contribution in [0.3, 0.4) is 0 Å². The van der Waals surface area contributed by atoms with E-state index < -0.39 is 12.2 Å². The number of fused-ring (bicyclic) bond motifs is 2. The number of halogens is 1. The summed E-state index contributed by atoms with van der Waals surface area (Å²) in [5.74, 6) is 1.19. The molecule has 0 spiro atoms. The number of hydrogen-bond acceptors (Lipinski definition) is 5. The zero-order valence-electron chi connectivity index (χ0n) is 15.7. The Morgan fingerprint density at radius 2 is 1.50 bits per heavy atom. The number of hydrogen-bond donors (Lipinski definition) is 3. The monoisotopic (exact) mass is 387 g/mol. The van der Waals surface area contributed by atoms with Crippen molar-refractivity contribution >= 4 is 0 Å². The van der Waals surface area contributed by atoms with Crippen LogP contribution < -0.4 is 14.8 Å². The predicted octanol–water partition coefficient (Wildman–Crippen LogP) is 2.22. The van der Waals surface area contributed by atoms with Crippen molar-refractivity contribution in [1.82, 2.24) is 5.32 Å². The van der Waals surface area contributed by atoms with Crippen molar-refractivity contribution in [3.05, 3.63) is 59.4 Å². The highest BCUT2D eigenvalue weighted by Crippen LogP contribution is 2.30. The summed E-state index contributed by atoms with van der Waals surface area (Å²) in [5.41, 5.74) is 2.01. The molecule has 0 fully saturated rings. The van der Waals surface area contributed by atoms with Crippen LogP contribution in [0, 0.1) is 5.82 Å². The van der Waals surface area contributed by atoms with E-state index in [2.05, 4.69) is 5.32 Å². The van der Waals surface area contributed by atoms with Crippen molar-refractivity contribution in [2.75, 3.05) is 13.1 Å². The fourth-order valence-corrected chi connectivity index (χ4v) is 3.91. The van der Waals surface area contributed by atoms with Crippen LogP contribution in [-0.2, 0) is 12.8 Å². The summed E-state index contributed by atoms with van der Waals surface area (Å²) in [6, 6.07) is 12.3. The number of aryl methyl sites for hydroxylation is 2. The molecule has 0 radical (unpaired) electrons. The fourth-order valence-electron chi connectivity index (χ4n) is 3.91. The van der Waals surface area contributed by atoms with E-state index in [4.69, 9.17) is 9.47 Å². The number of nitrogens with one attached hydrogen (secondary N) is 1. The van der Waals surface area contributed by atoms with Gasteiger partial charge < -0.3 is 25.0 Å². The lowest BCUT2D eigenvalue weighted by Crippen LogP contribution is -2.46.